The van der Waals surface area contributed by atoms with Crippen LogP contribution >= 0.6 is 0 Å². The zero-order chi connectivity index (χ0) is 19.2. The van der Waals surface area contributed by atoms with E-state index in [1.807, 2.05) is 44.2 Å². The van der Waals surface area contributed by atoms with E-state index < -0.39 is 0 Å². The minimum atomic E-state index is 0.0182. The Morgan fingerprint density at radius 3 is 2.59 bits per heavy atom. The normalized spacial score (nSPS) is 11.1. The second-order valence-corrected chi connectivity index (χ2v) is 7.00. The van der Waals surface area contributed by atoms with Crippen molar-refractivity contribution in [2.45, 2.75) is 33.2 Å². The molecule has 5 nitrogen and oxygen atoms in total. The van der Waals surface area contributed by atoms with Crippen LogP contribution in [-0.2, 0) is 17.8 Å². The number of carbonyl (C=O) groups excluding carboxylic acids is 1. The molecule has 3 aromatic rings. The zero-order valence-corrected chi connectivity index (χ0v) is 16.2. The number of imidazole rings is 1. The van der Waals surface area contributed by atoms with Crippen molar-refractivity contribution in [2.75, 3.05) is 13.7 Å². The van der Waals surface area contributed by atoms with Crippen LogP contribution in [0.1, 0.15) is 31.7 Å². The number of hydrogen-bond donors (Lipinski definition) is 1. The fourth-order valence-corrected chi connectivity index (χ4v) is 3.07. The Morgan fingerprint density at radius 1 is 1.15 bits per heavy atom. The molecule has 0 aliphatic carbocycles. The summed E-state index contributed by atoms with van der Waals surface area (Å²) in [7, 11) is 1.68. The van der Waals surface area contributed by atoms with E-state index in [2.05, 4.69) is 28.1 Å². The maximum Gasteiger partial charge on any atom is 0.222 e. The summed E-state index contributed by atoms with van der Waals surface area (Å²) in [6.07, 6.45) is 1.69. The van der Waals surface area contributed by atoms with E-state index in [9.17, 15) is 4.79 Å². The van der Waals surface area contributed by atoms with Crippen LogP contribution in [0.3, 0.4) is 0 Å². The van der Waals surface area contributed by atoms with Gasteiger partial charge >= 0.3 is 0 Å². The first-order valence-electron chi connectivity index (χ1n) is 9.43. The van der Waals surface area contributed by atoms with Gasteiger partial charge in [0.05, 0.1) is 18.1 Å². The lowest BCUT2D eigenvalue weighted by atomic mass is 10.2. The number of fused-ring (bicyclic) bond motifs is 1. The molecule has 0 spiro atoms. The van der Waals surface area contributed by atoms with Crippen molar-refractivity contribution < 1.29 is 9.53 Å². The second kappa shape index (κ2) is 8.71. The highest BCUT2D eigenvalue weighted by molar-refractivity contribution is 5.77. The molecule has 0 aliphatic rings. The zero-order valence-electron chi connectivity index (χ0n) is 16.2. The molecule has 3 rings (SSSR count). The first-order valence-corrected chi connectivity index (χ1v) is 9.43. The molecule has 0 unspecified atom stereocenters. The summed E-state index contributed by atoms with van der Waals surface area (Å²) < 4.78 is 7.51. The van der Waals surface area contributed by atoms with Gasteiger partial charge in [-0.25, -0.2) is 4.98 Å². The van der Waals surface area contributed by atoms with Gasteiger partial charge in [0.25, 0.3) is 0 Å². The van der Waals surface area contributed by atoms with Crippen molar-refractivity contribution in [1.82, 2.24) is 14.9 Å². The van der Waals surface area contributed by atoms with E-state index in [0.29, 0.717) is 6.54 Å². The smallest absolute Gasteiger partial charge is 0.222 e. The molecule has 0 aliphatic heterocycles. The molecule has 0 saturated heterocycles. The number of methoxy groups -OCH3 is 1. The second-order valence-electron chi connectivity index (χ2n) is 7.00. The van der Waals surface area contributed by atoms with E-state index in [1.54, 1.807) is 7.11 Å². The fraction of sp³-hybridized carbons (Fsp3) is 0.364. The Morgan fingerprint density at radius 2 is 1.89 bits per heavy atom. The summed E-state index contributed by atoms with van der Waals surface area (Å²) in [5.74, 6) is 2.02. The Kier molecular flexibility index (Phi) is 6.12. The molecular weight excluding hydrogens is 338 g/mol. The number of para-hydroxylation sites is 2. The maximum absolute atomic E-state index is 11.7. The summed E-state index contributed by atoms with van der Waals surface area (Å²) in [5, 5.41) is 2.98. The first kappa shape index (κ1) is 19.0. The third kappa shape index (κ3) is 4.67. The van der Waals surface area contributed by atoms with E-state index in [-0.39, 0.29) is 11.8 Å². The lowest BCUT2D eigenvalue weighted by Gasteiger charge is -2.11. The predicted octanol–water partition coefficient (Wildman–Crippen LogP) is 3.80. The van der Waals surface area contributed by atoms with Crippen molar-refractivity contribution in [1.29, 1.82) is 0 Å². The third-order valence-corrected chi connectivity index (χ3v) is 4.63. The topological polar surface area (TPSA) is 56.1 Å². The maximum atomic E-state index is 11.7. The van der Waals surface area contributed by atoms with Crippen LogP contribution in [0.15, 0.2) is 48.5 Å². The van der Waals surface area contributed by atoms with E-state index in [4.69, 9.17) is 9.72 Å². The van der Waals surface area contributed by atoms with Crippen LogP contribution in [0.4, 0.5) is 0 Å². The van der Waals surface area contributed by atoms with E-state index in [0.717, 1.165) is 42.0 Å². The lowest BCUT2D eigenvalue weighted by molar-refractivity contribution is -0.123. The van der Waals surface area contributed by atoms with Crippen LogP contribution in [-0.4, -0.2) is 29.1 Å². The number of carbonyl (C=O) groups is 1. The summed E-state index contributed by atoms with van der Waals surface area (Å²) in [4.78, 5) is 16.5. The largest absolute Gasteiger partial charge is 0.497 e. The number of aromatic nitrogens is 2. The Bertz CT molecular complexity index is 898. The molecule has 5 heteroatoms. The molecule has 2 aromatic carbocycles. The molecule has 1 heterocycles. The van der Waals surface area contributed by atoms with Crippen molar-refractivity contribution in [3.8, 4) is 5.75 Å². The minimum absolute atomic E-state index is 0.0182. The van der Waals surface area contributed by atoms with Crippen LogP contribution in [0.2, 0.25) is 0 Å². The number of benzene rings is 2. The first-order chi connectivity index (χ1) is 13.1. The van der Waals surface area contributed by atoms with Gasteiger partial charge in [-0.3, -0.25) is 4.79 Å². The van der Waals surface area contributed by atoms with Gasteiger partial charge in [-0.05, 0) is 36.2 Å². The molecule has 0 fully saturated rings. The number of aryl methyl sites for hydroxylation is 1. The minimum Gasteiger partial charge on any atom is -0.497 e. The molecule has 1 N–H and O–H groups in total. The Labute approximate surface area is 160 Å². The number of nitrogens with zero attached hydrogens (tertiary/aromatic N) is 2. The quantitative estimate of drug-likeness (QED) is 0.618. The van der Waals surface area contributed by atoms with Gasteiger partial charge in [-0.2, -0.15) is 0 Å². The standard InChI is InChI=1S/C22H27N3O2/c1-16(2)22(26)23-14-6-9-21-24-19-7-4-5-8-20(19)25(21)15-17-10-12-18(27-3)13-11-17/h4-5,7-8,10-13,16H,6,9,14-15H2,1-3H3,(H,23,26). The fourth-order valence-electron chi connectivity index (χ4n) is 3.07. The molecule has 0 saturated carbocycles. The molecule has 1 amide bonds. The van der Waals surface area contributed by atoms with Crippen LogP contribution in [0.25, 0.3) is 11.0 Å². The van der Waals surface area contributed by atoms with E-state index >= 15 is 0 Å². The highest BCUT2D eigenvalue weighted by Gasteiger charge is 2.11. The van der Waals surface area contributed by atoms with Crippen LogP contribution in [0.5, 0.6) is 5.75 Å². The van der Waals surface area contributed by atoms with Gasteiger partial charge in [0.1, 0.15) is 11.6 Å². The van der Waals surface area contributed by atoms with Gasteiger partial charge < -0.3 is 14.6 Å². The van der Waals surface area contributed by atoms with Gasteiger partial charge in [-0.15, -0.1) is 0 Å². The highest BCUT2D eigenvalue weighted by atomic mass is 16.5. The lowest BCUT2D eigenvalue weighted by Crippen LogP contribution is -2.28. The summed E-state index contributed by atoms with van der Waals surface area (Å²) in [6, 6.07) is 16.3. The Balaban J connectivity index is 1.75. The number of ether oxygens (including phenoxy) is 1. The SMILES string of the molecule is COc1ccc(Cn2c(CCCNC(=O)C(C)C)nc3ccccc32)cc1. The van der Waals surface area contributed by atoms with Crippen LogP contribution < -0.4 is 10.1 Å². The highest BCUT2D eigenvalue weighted by Crippen LogP contribution is 2.20. The van der Waals surface area contributed by atoms with Crippen molar-refractivity contribution >= 4 is 16.9 Å². The molecule has 0 atom stereocenters. The molecule has 0 bridgehead atoms. The molecule has 0 radical (unpaired) electrons. The summed E-state index contributed by atoms with van der Waals surface area (Å²) in [6.45, 7) is 5.24. The molecule has 27 heavy (non-hydrogen) atoms. The average Bonchev–Trinajstić information content (AvgIpc) is 3.03. The van der Waals surface area contributed by atoms with Gasteiger partial charge in [0, 0.05) is 25.4 Å². The van der Waals surface area contributed by atoms with Crippen molar-refractivity contribution in [3.05, 3.63) is 59.9 Å². The monoisotopic (exact) mass is 365 g/mol. The van der Waals surface area contributed by atoms with Gasteiger partial charge in [-0.1, -0.05) is 38.1 Å². The third-order valence-electron chi connectivity index (χ3n) is 4.63. The van der Waals surface area contributed by atoms with Gasteiger partial charge in [0.2, 0.25) is 5.91 Å². The summed E-state index contributed by atoms with van der Waals surface area (Å²) in [5.41, 5.74) is 3.34. The number of rotatable bonds is 8. The van der Waals surface area contributed by atoms with Crippen molar-refractivity contribution in [3.63, 3.8) is 0 Å². The molecule has 1 aromatic heterocycles. The Hall–Kier alpha value is -2.82. The molecular formula is C22H27N3O2. The van der Waals surface area contributed by atoms with Crippen molar-refractivity contribution in [2.24, 2.45) is 5.92 Å². The van der Waals surface area contributed by atoms with Gasteiger partial charge in [0.15, 0.2) is 0 Å². The van der Waals surface area contributed by atoms with Crippen LogP contribution in [0, 0.1) is 5.92 Å². The number of nitrogens with one attached hydrogen (secondary N) is 1. The number of hydrogen-bond acceptors (Lipinski definition) is 3. The number of amides is 1. The molecule has 142 valence electrons. The average molecular weight is 365 g/mol. The predicted molar refractivity (Wildman–Crippen MR) is 108 cm³/mol. The van der Waals surface area contributed by atoms with E-state index in [1.165, 1.54) is 5.56 Å². The summed E-state index contributed by atoms with van der Waals surface area (Å²) >= 11 is 0.